The SMILES string of the molecule is Cc1ccncc1C(N)C1(C)CCCC1. The van der Waals surface area contributed by atoms with E-state index in [1.165, 1.54) is 36.8 Å². The van der Waals surface area contributed by atoms with Crippen LogP contribution < -0.4 is 5.73 Å². The first kappa shape index (κ1) is 10.6. The van der Waals surface area contributed by atoms with Crippen molar-refractivity contribution in [1.29, 1.82) is 0 Å². The Hall–Kier alpha value is -0.890. The van der Waals surface area contributed by atoms with Crippen LogP contribution in [0.25, 0.3) is 0 Å². The molecule has 1 aromatic heterocycles. The van der Waals surface area contributed by atoms with Gasteiger partial charge in [0.1, 0.15) is 0 Å². The van der Waals surface area contributed by atoms with E-state index in [2.05, 4.69) is 18.8 Å². The molecule has 0 spiro atoms. The number of nitrogens with two attached hydrogens (primary N) is 1. The van der Waals surface area contributed by atoms with Gasteiger partial charge in [0.05, 0.1) is 0 Å². The fraction of sp³-hybridized carbons (Fsp3) is 0.615. The smallest absolute Gasteiger partial charge is 0.0367 e. The molecule has 15 heavy (non-hydrogen) atoms. The van der Waals surface area contributed by atoms with E-state index < -0.39 is 0 Å². The molecular formula is C13H20N2. The molecule has 0 aromatic carbocycles. The van der Waals surface area contributed by atoms with Crippen molar-refractivity contribution in [2.75, 3.05) is 0 Å². The molecule has 2 heteroatoms. The Morgan fingerprint density at radius 2 is 2.07 bits per heavy atom. The fourth-order valence-electron chi connectivity index (χ4n) is 2.67. The van der Waals surface area contributed by atoms with E-state index in [0.717, 1.165) is 0 Å². The largest absolute Gasteiger partial charge is 0.323 e. The highest BCUT2D eigenvalue weighted by Gasteiger charge is 2.36. The van der Waals surface area contributed by atoms with Crippen molar-refractivity contribution in [1.82, 2.24) is 4.98 Å². The van der Waals surface area contributed by atoms with Gasteiger partial charge in [0.15, 0.2) is 0 Å². The number of pyridine rings is 1. The van der Waals surface area contributed by atoms with Crippen molar-refractivity contribution < 1.29 is 0 Å². The lowest BCUT2D eigenvalue weighted by Crippen LogP contribution is -2.30. The molecule has 2 N–H and O–H groups in total. The fourth-order valence-corrected chi connectivity index (χ4v) is 2.67. The third-order valence-corrected chi connectivity index (χ3v) is 3.91. The van der Waals surface area contributed by atoms with Crippen molar-refractivity contribution in [2.24, 2.45) is 11.1 Å². The molecule has 0 bridgehead atoms. The van der Waals surface area contributed by atoms with Gasteiger partial charge in [0.25, 0.3) is 0 Å². The Kier molecular flexibility index (Phi) is 2.79. The maximum absolute atomic E-state index is 6.40. The van der Waals surface area contributed by atoms with Crippen LogP contribution in [-0.4, -0.2) is 4.98 Å². The topological polar surface area (TPSA) is 38.9 Å². The molecule has 0 amide bonds. The van der Waals surface area contributed by atoms with Gasteiger partial charge < -0.3 is 5.73 Å². The highest BCUT2D eigenvalue weighted by molar-refractivity contribution is 5.26. The summed E-state index contributed by atoms with van der Waals surface area (Å²) in [5.74, 6) is 0. The summed E-state index contributed by atoms with van der Waals surface area (Å²) in [6, 6.07) is 2.20. The standard InChI is InChI=1S/C13H20N2/c1-10-5-8-15-9-11(10)12(14)13(2)6-3-4-7-13/h5,8-9,12H,3-4,6-7,14H2,1-2H3. The maximum Gasteiger partial charge on any atom is 0.0367 e. The first-order valence-electron chi connectivity index (χ1n) is 5.79. The lowest BCUT2D eigenvalue weighted by Gasteiger charge is -2.32. The van der Waals surface area contributed by atoms with Gasteiger partial charge in [-0.25, -0.2) is 0 Å². The zero-order valence-corrected chi connectivity index (χ0v) is 9.66. The normalized spacial score (nSPS) is 21.5. The summed E-state index contributed by atoms with van der Waals surface area (Å²) >= 11 is 0. The van der Waals surface area contributed by atoms with Gasteiger partial charge in [-0.15, -0.1) is 0 Å². The van der Waals surface area contributed by atoms with Gasteiger partial charge >= 0.3 is 0 Å². The average Bonchev–Trinajstić information content (AvgIpc) is 2.66. The Morgan fingerprint density at radius 1 is 1.40 bits per heavy atom. The molecule has 1 atom stereocenters. The van der Waals surface area contributed by atoms with E-state index >= 15 is 0 Å². The van der Waals surface area contributed by atoms with Gasteiger partial charge in [-0.05, 0) is 42.4 Å². The predicted octanol–water partition coefficient (Wildman–Crippen LogP) is 2.97. The average molecular weight is 204 g/mol. The van der Waals surface area contributed by atoms with Crippen molar-refractivity contribution in [3.05, 3.63) is 29.6 Å². The van der Waals surface area contributed by atoms with E-state index in [4.69, 9.17) is 5.73 Å². The van der Waals surface area contributed by atoms with Gasteiger partial charge in [-0.3, -0.25) is 4.98 Å². The minimum atomic E-state index is 0.147. The van der Waals surface area contributed by atoms with E-state index in [0.29, 0.717) is 0 Å². The number of aryl methyl sites for hydroxylation is 1. The first-order chi connectivity index (χ1) is 7.13. The van der Waals surface area contributed by atoms with Crippen molar-refractivity contribution >= 4 is 0 Å². The zero-order chi connectivity index (χ0) is 10.9. The summed E-state index contributed by atoms with van der Waals surface area (Å²) < 4.78 is 0. The Labute approximate surface area is 91.9 Å². The number of nitrogens with zero attached hydrogens (tertiary/aromatic N) is 1. The van der Waals surface area contributed by atoms with Crippen LogP contribution in [-0.2, 0) is 0 Å². The van der Waals surface area contributed by atoms with E-state index in [1.54, 1.807) is 0 Å². The third kappa shape index (κ3) is 1.91. The number of rotatable bonds is 2. The molecule has 1 fully saturated rings. The van der Waals surface area contributed by atoms with Gasteiger partial charge in [-0.1, -0.05) is 19.8 Å². The summed E-state index contributed by atoms with van der Waals surface area (Å²) in [7, 11) is 0. The molecule has 1 aliphatic carbocycles. The highest BCUT2D eigenvalue weighted by Crippen LogP contribution is 2.46. The van der Waals surface area contributed by atoms with E-state index in [9.17, 15) is 0 Å². The lowest BCUT2D eigenvalue weighted by molar-refractivity contribution is 0.264. The highest BCUT2D eigenvalue weighted by atomic mass is 14.7. The summed E-state index contributed by atoms with van der Waals surface area (Å²) in [6.07, 6.45) is 8.92. The van der Waals surface area contributed by atoms with E-state index in [1.807, 2.05) is 18.5 Å². The maximum atomic E-state index is 6.40. The van der Waals surface area contributed by atoms with Crippen LogP contribution in [0.2, 0.25) is 0 Å². The predicted molar refractivity (Wildman–Crippen MR) is 62.5 cm³/mol. The molecule has 1 aliphatic rings. The number of hydrogen-bond acceptors (Lipinski definition) is 2. The Morgan fingerprint density at radius 3 is 2.67 bits per heavy atom. The van der Waals surface area contributed by atoms with Gasteiger partial charge in [0.2, 0.25) is 0 Å². The van der Waals surface area contributed by atoms with Crippen LogP contribution in [0.3, 0.4) is 0 Å². The van der Waals surface area contributed by atoms with Crippen molar-refractivity contribution in [2.45, 2.75) is 45.6 Å². The molecule has 2 nitrogen and oxygen atoms in total. The van der Waals surface area contributed by atoms with Gasteiger partial charge in [0, 0.05) is 18.4 Å². The molecule has 1 aromatic rings. The van der Waals surface area contributed by atoms with Crippen LogP contribution in [0.15, 0.2) is 18.5 Å². The van der Waals surface area contributed by atoms with Crippen LogP contribution in [0, 0.1) is 12.3 Å². The summed E-state index contributed by atoms with van der Waals surface area (Å²) in [5.41, 5.74) is 9.17. The summed E-state index contributed by atoms with van der Waals surface area (Å²) in [5, 5.41) is 0. The molecule has 0 saturated heterocycles. The second kappa shape index (κ2) is 3.93. The van der Waals surface area contributed by atoms with Crippen LogP contribution in [0.4, 0.5) is 0 Å². The summed E-state index contributed by atoms with van der Waals surface area (Å²) in [4.78, 5) is 4.19. The lowest BCUT2D eigenvalue weighted by atomic mass is 9.77. The van der Waals surface area contributed by atoms with Crippen LogP contribution in [0.1, 0.15) is 49.8 Å². The molecule has 1 saturated carbocycles. The van der Waals surface area contributed by atoms with Crippen molar-refractivity contribution in [3.63, 3.8) is 0 Å². The van der Waals surface area contributed by atoms with Gasteiger partial charge in [-0.2, -0.15) is 0 Å². The Balaban J connectivity index is 2.27. The molecule has 0 aliphatic heterocycles. The third-order valence-electron chi connectivity index (χ3n) is 3.91. The first-order valence-corrected chi connectivity index (χ1v) is 5.79. The van der Waals surface area contributed by atoms with Crippen LogP contribution in [0.5, 0.6) is 0 Å². The minimum absolute atomic E-state index is 0.147. The molecule has 1 unspecified atom stereocenters. The zero-order valence-electron chi connectivity index (χ0n) is 9.66. The summed E-state index contributed by atoms with van der Waals surface area (Å²) in [6.45, 7) is 4.44. The van der Waals surface area contributed by atoms with Crippen molar-refractivity contribution in [3.8, 4) is 0 Å². The molecule has 1 heterocycles. The Bertz CT molecular complexity index is 340. The van der Waals surface area contributed by atoms with E-state index in [-0.39, 0.29) is 11.5 Å². The second-order valence-corrected chi connectivity index (χ2v) is 5.07. The molecule has 0 radical (unpaired) electrons. The monoisotopic (exact) mass is 204 g/mol. The molecular weight excluding hydrogens is 184 g/mol. The molecule has 2 rings (SSSR count). The number of hydrogen-bond donors (Lipinski definition) is 1. The quantitative estimate of drug-likeness (QED) is 0.804. The molecule has 82 valence electrons. The second-order valence-electron chi connectivity index (χ2n) is 5.07. The minimum Gasteiger partial charge on any atom is -0.323 e. The number of aromatic nitrogens is 1. The van der Waals surface area contributed by atoms with Crippen LogP contribution >= 0.6 is 0 Å².